The molecule has 1 heterocycles. The third-order valence-electron chi connectivity index (χ3n) is 3.91. The van der Waals surface area contributed by atoms with Gasteiger partial charge in [-0.05, 0) is 23.1 Å². The average molecular weight is 253 g/mol. The maximum absolute atomic E-state index is 9.69. The van der Waals surface area contributed by atoms with Crippen LogP contribution >= 0.6 is 0 Å². The van der Waals surface area contributed by atoms with Gasteiger partial charge in [0.25, 0.3) is 0 Å². The van der Waals surface area contributed by atoms with Gasteiger partial charge in [0.1, 0.15) is 0 Å². The van der Waals surface area contributed by atoms with Crippen molar-refractivity contribution in [2.24, 2.45) is 0 Å². The van der Waals surface area contributed by atoms with E-state index in [1.165, 1.54) is 16.7 Å². The summed E-state index contributed by atoms with van der Waals surface area (Å²) in [6.45, 7) is 2.12. The van der Waals surface area contributed by atoms with Gasteiger partial charge in [0.05, 0.1) is 6.61 Å². The van der Waals surface area contributed by atoms with Gasteiger partial charge in [-0.25, -0.2) is 0 Å². The van der Waals surface area contributed by atoms with Crippen LogP contribution in [0, 0.1) is 0 Å². The highest BCUT2D eigenvalue weighted by atomic mass is 16.3. The van der Waals surface area contributed by atoms with E-state index in [-0.39, 0.29) is 12.6 Å². The number of aliphatic hydroxyl groups excluding tert-OH is 1. The molecular weight excluding hydrogens is 234 g/mol. The van der Waals surface area contributed by atoms with Gasteiger partial charge in [0.15, 0.2) is 0 Å². The number of hydrogen-bond donors (Lipinski definition) is 1. The predicted octanol–water partition coefficient (Wildman–Crippen LogP) is 2.61. The molecule has 0 saturated heterocycles. The molecule has 0 aliphatic carbocycles. The Labute approximate surface area is 114 Å². The Morgan fingerprint density at radius 3 is 2.05 bits per heavy atom. The maximum Gasteiger partial charge on any atom is 0.0590 e. The van der Waals surface area contributed by atoms with Crippen LogP contribution in [0.25, 0.3) is 0 Å². The average Bonchev–Trinajstić information content (AvgIpc) is 2.89. The minimum atomic E-state index is 0.204. The van der Waals surface area contributed by atoms with Crippen molar-refractivity contribution in [2.75, 3.05) is 6.61 Å². The lowest BCUT2D eigenvalue weighted by molar-refractivity contribution is 0.121. The molecule has 1 unspecified atom stereocenters. The SMILES string of the molecule is OCC(Cc1ccccc1)N1Cc2ccccc2C1. The van der Waals surface area contributed by atoms with Crippen LogP contribution < -0.4 is 0 Å². The number of fused-ring (bicyclic) bond motifs is 1. The van der Waals surface area contributed by atoms with Gasteiger partial charge in [-0.2, -0.15) is 0 Å². The predicted molar refractivity (Wildman–Crippen MR) is 76.7 cm³/mol. The van der Waals surface area contributed by atoms with Gasteiger partial charge in [0, 0.05) is 19.1 Å². The number of hydrogen-bond acceptors (Lipinski definition) is 2. The van der Waals surface area contributed by atoms with E-state index in [0.29, 0.717) is 0 Å². The fourth-order valence-corrected chi connectivity index (χ4v) is 2.81. The summed E-state index contributed by atoms with van der Waals surface area (Å²) in [6.07, 6.45) is 0.908. The third-order valence-corrected chi connectivity index (χ3v) is 3.91. The van der Waals surface area contributed by atoms with E-state index in [1.54, 1.807) is 0 Å². The summed E-state index contributed by atoms with van der Waals surface area (Å²) in [5, 5.41) is 9.69. The van der Waals surface area contributed by atoms with Crippen LogP contribution in [0.15, 0.2) is 54.6 Å². The minimum absolute atomic E-state index is 0.204. The molecule has 2 heteroatoms. The fraction of sp³-hybridized carbons (Fsp3) is 0.294. The molecule has 0 aromatic heterocycles. The van der Waals surface area contributed by atoms with Crippen molar-refractivity contribution in [1.29, 1.82) is 0 Å². The zero-order valence-electron chi connectivity index (χ0n) is 11.0. The van der Waals surface area contributed by atoms with Crippen LogP contribution in [0.2, 0.25) is 0 Å². The molecule has 19 heavy (non-hydrogen) atoms. The lowest BCUT2D eigenvalue weighted by atomic mass is 10.1. The largest absolute Gasteiger partial charge is 0.395 e. The van der Waals surface area contributed by atoms with Gasteiger partial charge in [0.2, 0.25) is 0 Å². The Morgan fingerprint density at radius 1 is 0.895 bits per heavy atom. The Morgan fingerprint density at radius 2 is 1.47 bits per heavy atom. The molecule has 0 saturated carbocycles. The second-order valence-corrected chi connectivity index (χ2v) is 5.20. The maximum atomic E-state index is 9.69. The molecule has 1 N–H and O–H groups in total. The van der Waals surface area contributed by atoms with Crippen LogP contribution in [-0.2, 0) is 19.5 Å². The number of aliphatic hydroxyl groups is 1. The zero-order chi connectivity index (χ0) is 13.1. The van der Waals surface area contributed by atoms with Crippen molar-refractivity contribution < 1.29 is 5.11 Å². The van der Waals surface area contributed by atoms with Gasteiger partial charge in [-0.3, -0.25) is 4.90 Å². The van der Waals surface area contributed by atoms with Crippen LogP contribution in [-0.4, -0.2) is 22.7 Å². The van der Waals surface area contributed by atoms with E-state index in [2.05, 4.69) is 53.4 Å². The number of rotatable bonds is 4. The van der Waals surface area contributed by atoms with Gasteiger partial charge >= 0.3 is 0 Å². The summed E-state index contributed by atoms with van der Waals surface area (Å²) in [7, 11) is 0. The number of benzene rings is 2. The topological polar surface area (TPSA) is 23.5 Å². The van der Waals surface area contributed by atoms with Gasteiger partial charge in [-0.1, -0.05) is 54.6 Å². The summed E-state index contributed by atoms with van der Waals surface area (Å²) >= 11 is 0. The summed E-state index contributed by atoms with van der Waals surface area (Å²) in [5.74, 6) is 0. The summed E-state index contributed by atoms with van der Waals surface area (Å²) in [5.41, 5.74) is 4.08. The Kier molecular flexibility index (Phi) is 3.62. The summed E-state index contributed by atoms with van der Waals surface area (Å²) in [6, 6.07) is 19.2. The first-order valence-electron chi connectivity index (χ1n) is 6.82. The van der Waals surface area contributed by atoms with Crippen molar-refractivity contribution >= 4 is 0 Å². The van der Waals surface area contributed by atoms with Crippen molar-refractivity contribution in [3.8, 4) is 0 Å². The zero-order valence-corrected chi connectivity index (χ0v) is 11.0. The van der Waals surface area contributed by atoms with E-state index < -0.39 is 0 Å². The van der Waals surface area contributed by atoms with Crippen LogP contribution in [0.3, 0.4) is 0 Å². The normalized spacial score (nSPS) is 16.3. The molecular formula is C17H19NO. The molecule has 0 fully saturated rings. The molecule has 0 amide bonds. The van der Waals surface area contributed by atoms with E-state index >= 15 is 0 Å². The highest BCUT2D eigenvalue weighted by Gasteiger charge is 2.25. The standard InChI is InChI=1S/C17H19NO/c19-13-17(10-14-6-2-1-3-7-14)18-11-15-8-4-5-9-16(15)12-18/h1-9,17,19H,10-13H2. The summed E-state index contributed by atoms with van der Waals surface area (Å²) in [4.78, 5) is 2.37. The van der Waals surface area contributed by atoms with Crippen LogP contribution in [0.1, 0.15) is 16.7 Å². The van der Waals surface area contributed by atoms with E-state index in [0.717, 1.165) is 19.5 Å². The fourth-order valence-electron chi connectivity index (χ4n) is 2.81. The first-order chi connectivity index (χ1) is 9.36. The van der Waals surface area contributed by atoms with Crippen molar-refractivity contribution in [3.05, 3.63) is 71.3 Å². The van der Waals surface area contributed by atoms with Gasteiger partial charge in [-0.15, -0.1) is 0 Å². The molecule has 98 valence electrons. The highest BCUT2D eigenvalue weighted by molar-refractivity contribution is 5.30. The van der Waals surface area contributed by atoms with E-state index in [9.17, 15) is 5.11 Å². The molecule has 3 rings (SSSR count). The van der Waals surface area contributed by atoms with Gasteiger partial charge < -0.3 is 5.11 Å². The first kappa shape index (κ1) is 12.4. The Balaban J connectivity index is 1.71. The quantitative estimate of drug-likeness (QED) is 0.905. The summed E-state index contributed by atoms with van der Waals surface area (Å²) < 4.78 is 0. The Hall–Kier alpha value is -1.64. The monoisotopic (exact) mass is 253 g/mol. The molecule has 2 aromatic carbocycles. The van der Waals surface area contributed by atoms with E-state index in [4.69, 9.17) is 0 Å². The second kappa shape index (κ2) is 5.55. The smallest absolute Gasteiger partial charge is 0.0590 e. The molecule has 2 aromatic rings. The number of nitrogens with zero attached hydrogens (tertiary/aromatic N) is 1. The highest BCUT2D eigenvalue weighted by Crippen LogP contribution is 2.25. The van der Waals surface area contributed by atoms with E-state index in [1.807, 2.05) is 6.07 Å². The van der Waals surface area contributed by atoms with Crippen molar-refractivity contribution in [3.63, 3.8) is 0 Å². The lowest BCUT2D eigenvalue weighted by Gasteiger charge is -2.25. The molecule has 2 nitrogen and oxygen atoms in total. The van der Waals surface area contributed by atoms with Crippen molar-refractivity contribution in [2.45, 2.75) is 25.6 Å². The first-order valence-corrected chi connectivity index (χ1v) is 6.82. The lowest BCUT2D eigenvalue weighted by Crippen LogP contribution is -2.35. The Bertz CT molecular complexity index is 513. The molecule has 0 spiro atoms. The molecule has 1 aliphatic rings. The second-order valence-electron chi connectivity index (χ2n) is 5.20. The molecule has 1 aliphatic heterocycles. The third kappa shape index (κ3) is 2.70. The molecule has 1 atom stereocenters. The molecule has 0 radical (unpaired) electrons. The van der Waals surface area contributed by atoms with Crippen LogP contribution in [0.4, 0.5) is 0 Å². The molecule has 0 bridgehead atoms. The van der Waals surface area contributed by atoms with Crippen LogP contribution in [0.5, 0.6) is 0 Å². The van der Waals surface area contributed by atoms with Crippen molar-refractivity contribution in [1.82, 2.24) is 4.90 Å². The minimum Gasteiger partial charge on any atom is -0.395 e.